The molecule has 1 saturated heterocycles. The van der Waals surface area contributed by atoms with Crippen molar-refractivity contribution in [3.8, 4) is 5.75 Å². The number of hydrogen-bond donors (Lipinski definition) is 4. The molecule has 1 aliphatic rings. The summed E-state index contributed by atoms with van der Waals surface area (Å²) in [4.78, 5) is 49.7. The Morgan fingerprint density at radius 2 is 1.79 bits per heavy atom. The van der Waals surface area contributed by atoms with E-state index in [-0.39, 0.29) is 25.0 Å². The van der Waals surface area contributed by atoms with Crippen LogP contribution in [0.1, 0.15) is 25.3 Å². The number of rotatable bonds is 16. The van der Waals surface area contributed by atoms with E-state index in [9.17, 15) is 14.4 Å². The van der Waals surface area contributed by atoms with Gasteiger partial charge in [0.25, 0.3) is 0 Å². The van der Waals surface area contributed by atoms with Gasteiger partial charge in [-0.15, -0.1) is 0 Å². The summed E-state index contributed by atoms with van der Waals surface area (Å²) in [6, 6.07) is 13.9. The Balaban J connectivity index is 1.40. The van der Waals surface area contributed by atoms with E-state index in [4.69, 9.17) is 19.6 Å². The number of para-hydroxylation sites is 1. The van der Waals surface area contributed by atoms with E-state index >= 15 is 0 Å². The lowest BCUT2D eigenvalue weighted by atomic mass is 9.95. The fourth-order valence-corrected chi connectivity index (χ4v) is 5.36. The van der Waals surface area contributed by atoms with Crippen LogP contribution in [0.5, 0.6) is 5.75 Å². The molecule has 0 atom stereocenters. The molecular weight excluding hydrogens is 604 g/mol. The van der Waals surface area contributed by atoms with Crippen molar-refractivity contribution in [2.45, 2.75) is 26.7 Å². The molecular formula is C33H44N8O6. The molecule has 3 amide bonds. The first-order chi connectivity index (χ1) is 22.7. The van der Waals surface area contributed by atoms with Gasteiger partial charge in [-0.2, -0.15) is 4.98 Å². The summed E-state index contributed by atoms with van der Waals surface area (Å²) in [6.45, 7) is 7.01. The second-order valence-corrected chi connectivity index (χ2v) is 11.1. The third-order valence-electron chi connectivity index (χ3n) is 7.89. The van der Waals surface area contributed by atoms with Gasteiger partial charge in [-0.25, -0.2) is 9.78 Å². The highest BCUT2D eigenvalue weighted by atomic mass is 16.5. The summed E-state index contributed by atoms with van der Waals surface area (Å²) in [5, 5.41) is 17.0. The van der Waals surface area contributed by atoms with Crippen LogP contribution in [0.2, 0.25) is 0 Å². The number of amides is 3. The molecule has 4 N–H and O–H groups in total. The molecule has 1 aromatic heterocycles. The number of carboxylic acid groups (broad SMARTS) is 1. The molecule has 3 aromatic rings. The van der Waals surface area contributed by atoms with Crippen LogP contribution in [0.25, 0.3) is 0 Å². The highest BCUT2D eigenvalue weighted by molar-refractivity contribution is 5.84. The molecule has 1 fully saturated rings. The zero-order chi connectivity index (χ0) is 33.8. The summed E-state index contributed by atoms with van der Waals surface area (Å²) in [6.07, 6.45) is 2.69. The van der Waals surface area contributed by atoms with Gasteiger partial charge in [-0.3, -0.25) is 9.59 Å². The average molecular weight is 649 g/mol. The number of nitrogens with one attached hydrogen (secondary N) is 3. The molecule has 0 saturated carbocycles. The Bertz CT molecular complexity index is 1510. The normalized spacial score (nSPS) is 13.1. The minimum atomic E-state index is -1.09. The first-order valence-electron chi connectivity index (χ1n) is 15.7. The van der Waals surface area contributed by atoms with Gasteiger partial charge in [0.1, 0.15) is 11.4 Å². The molecule has 0 bridgehead atoms. The van der Waals surface area contributed by atoms with Gasteiger partial charge in [0.15, 0.2) is 5.82 Å². The quantitative estimate of drug-likeness (QED) is 0.132. The standard InChI is InChI=1S/C33H44N8O6/c1-5-47-29-20-25(41-16-12-24(13-17-41)31(43)34-14-18-46-19-15-35-33(44)45)10-11-26(29)37-32-36-21-28(39(3)22-42)30(38-32)40(4)27-9-7-6-8-23(27)2/h6-11,20-22,24,35H,5,12-19H2,1-4H3,(H,34,43)(H,44,45)(H,36,37,38). The number of nitrogens with zero attached hydrogens (tertiary/aromatic N) is 5. The van der Waals surface area contributed by atoms with E-state index in [0.717, 1.165) is 36.4 Å². The van der Waals surface area contributed by atoms with Gasteiger partial charge in [-0.1, -0.05) is 18.2 Å². The van der Waals surface area contributed by atoms with Gasteiger partial charge in [-0.05, 0) is 50.5 Å². The number of anilines is 6. The highest BCUT2D eigenvalue weighted by Crippen LogP contribution is 2.36. The molecule has 0 aliphatic carbocycles. The number of aryl methyl sites for hydroxylation is 1. The number of hydrogen-bond acceptors (Lipinski definition) is 10. The van der Waals surface area contributed by atoms with Crippen LogP contribution < -0.4 is 35.4 Å². The fourth-order valence-electron chi connectivity index (χ4n) is 5.36. The molecule has 0 radical (unpaired) electrons. The lowest BCUT2D eigenvalue weighted by Gasteiger charge is -2.33. The molecule has 2 heterocycles. The van der Waals surface area contributed by atoms with Crippen molar-refractivity contribution < 1.29 is 29.0 Å². The summed E-state index contributed by atoms with van der Waals surface area (Å²) in [7, 11) is 3.57. The maximum atomic E-state index is 12.7. The van der Waals surface area contributed by atoms with Crippen molar-refractivity contribution >= 4 is 52.9 Å². The van der Waals surface area contributed by atoms with Crippen molar-refractivity contribution in [1.82, 2.24) is 20.6 Å². The van der Waals surface area contributed by atoms with Gasteiger partial charge in [0.05, 0.1) is 31.7 Å². The molecule has 4 rings (SSSR count). The first-order valence-corrected chi connectivity index (χ1v) is 15.7. The van der Waals surface area contributed by atoms with Crippen molar-refractivity contribution in [1.29, 1.82) is 0 Å². The van der Waals surface area contributed by atoms with Crippen LogP contribution in [0.4, 0.5) is 39.3 Å². The van der Waals surface area contributed by atoms with Crippen molar-refractivity contribution in [2.75, 3.05) is 80.1 Å². The predicted molar refractivity (Wildman–Crippen MR) is 181 cm³/mol. The third kappa shape index (κ3) is 9.45. The second-order valence-electron chi connectivity index (χ2n) is 11.1. The van der Waals surface area contributed by atoms with E-state index in [2.05, 4.69) is 25.8 Å². The molecule has 1 aliphatic heterocycles. The smallest absolute Gasteiger partial charge is 0.404 e. The number of ether oxygens (including phenoxy) is 2. The van der Waals surface area contributed by atoms with E-state index in [1.165, 1.54) is 4.90 Å². The Morgan fingerprint density at radius 1 is 1.06 bits per heavy atom. The van der Waals surface area contributed by atoms with E-state index in [0.29, 0.717) is 61.5 Å². The summed E-state index contributed by atoms with van der Waals surface area (Å²) < 4.78 is 11.4. The largest absolute Gasteiger partial charge is 0.492 e. The zero-order valence-electron chi connectivity index (χ0n) is 27.4. The van der Waals surface area contributed by atoms with Crippen LogP contribution in [0.3, 0.4) is 0 Å². The average Bonchev–Trinajstić information content (AvgIpc) is 3.08. The molecule has 47 heavy (non-hydrogen) atoms. The third-order valence-corrected chi connectivity index (χ3v) is 7.89. The number of benzene rings is 2. The number of carbonyl (C=O) groups excluding carboxylic acids is 2. The van der Waals surface area contributed by atoms with Crippen LogP contribution in [-0.4, -0.2) is 93.6 Å². The van der Waals surface area contributed by atoms with E-state index in [1.807, 2.05) is 68.3 Å². The molecule has 14 heteroatoms. The van der Waals surface area contributed by atoms with Gasteiger partial charge in [0.2, 0.25) is 18.3 Å². The first kappa shape index (κ1) is 34.8. The van der Waals surface area contributed by atoms with Gasteiger partial charge in [0, 0.05) is 63.6 Å². The number of aromatic nitrogens is 2. The monoisotopic (exact) mass is 648 g/mol. The minimum absolute atomic E-state index is 0.00394. The number of piperidine rings is 1. The zero-order valence-corrected chi connectivity index (χ0v) is 27.4. The Morgan fingerprint density at radius 3 is 2.47 bits per heavy atom. The Labute approximate surface area is 275 Å². The van der Waals surface area contributed by atoms with Crippen LogP contribution in [-0.2, 0) is 14.3 Å². The van der Waals surface area contributed by atoms with E-state index < -0.39 is 6.09 Å². The Kier molecular flexibility index (Phi) is 12.6. The molecule has 252 valence electrons. The summed E-state index contributed by atoms with van der Waals surface area (Å²) in [5.74, 6) is 1.48. The maximum absolute atomic E-state index is 12.7. The van der Waals surface area contributed by atoms with Crippen LogP contribution in [0, 0.1) is 12.8 Å². The topological polar surface area (TPSA) is 161 Å². The Hall–Kier alpha value is -5.11. The van der Waals surface area contributed by atoms with Crippen LogP contribution >= 0.6 is 0 Å². The van der Waals surface area contributed by atoms with E-state index in [1.54, 1.807) is 13.2 Å². The molecule has 14 nitrogen and oxygen atoms in total. The highest BCUT2D eigenvalue weighted by Gasteiger charge is 2.26. The SMILES string of the molecule is CCOc1cc(N2CCC(C(=O)NCCOCCNC(=O)O)CC2)ccc1Nc1ncc(N(C)C=O)c(N(C)c2ccccc2C)n1. The van der Waals surface area contributed by atoms with Gasteiger partial charge >= 0.3 is 6.09 Å². The number of carbonyl (C=O) groups is 3. The fraction of sp³-hybridized carbons (Fsp3) is 0.424. The molecule has 0 spiro atoms. The summed E-state index contributed by atoms with van der Waals surface area (Å²) >= 11 is 0. The predicted octanol–water partition coefficient (Wildman–Crippen LogP) is 3.90. The summed E-state index contributed by atoms with van der Waals surface area (Å²) in [5.41, 5.74) is 4.27. The van der Waals surface area contributed by atoms with Crippen molar-refractivity contribution in [2.24, 2.45) is 5.92 Å². The lowest BCUT2D eigenvalue weighted by molar-refractivity contribution is -0.125. The van der Waals surface area contributed by atoms with Crippen molar-refractivity contribution in [3.63, 3.8) is 0 Å². The van der Waals surface area contributed by atoms with Crippen LogP contribution in [0.15, 0.2) is 48.7 Å². The molecule has 0 unspecified atom stereocenters. The van der Waals surface area contributed by atoms with Crippen molar-refractivity contribution in [3.05, 3.63) is 54.2 Å². The maximum Gasteiger partial charge on any atom is 0.404 e. The second kappa shape index (κ2) is 17.0. The lowest BCUT2D eigenvalue weighted by Crippen LogP contribution is -2.41. The van der Waals surface area contributed by atoms with Gasteiger partial charge < -0.3 is 45.2 Å². The molecule has 2 aromatic carbocycles. The minimum Gasteiger partial charge on any atom is -0.492 e.